The van der Waals surface area contributed by atoms with Crippen LogP contribution in [-0.2, 0) is 4.79 Å². The molecule has 0 spiro atoms. The van der Waals surface area contributed by atoms with Crippen LogP contribution in [0.4, 0.5) is 10.1 Å². The summed E-state index contributed by atoms with van der Waals surface area (Å²) >= 11 is 3.09. The molecular formula is C12H13BrFNO3. The van der Waals surface area contributed by atoms with Crippen molar-refractivity contribution in [1.82, 2.24) is 0 Å². The summed E-state index contributed by atoms with van der Waals surface area (Å²) in [4.78, 5) is 13.4. The van der Waals surface area contributed by atoms with E-state index in [9.17, 15) is 9.18 Å². The van der Waals surface area contributed by atoms with Gasteiger partial charge in [0.25, 0.3) is 0 Å². The van der Waals surface area contributed by atoms with Gasteiger partial charge in [0, 0.05) is 31.6 Å². The fourth-order valence-corrected chi connectivity index (χ4v) is 2.36. The molecule has 1 heterocycles. The minimum atomic E-state index is -0.444. The molecule has 0 saturated carbocycles. The number of methoxy groups -OCH3 is 1. The largest absolute Gasteiger partial charge is 0.494 e. The van der Waals surface area contributed by atoms with E-state index in [1.807, 2.05) is 0 Å². The topological polar surface area (TPSA) is 49.8 Å². The first kappa shape index (κ1) is 13.3. The second-order valence-electron chi connectivity index (χ2n) is 4.20. The van der Waals surface area contributed by atoms with E-state index in [1.165, 1.54) is 24.1 Å². The van der Waals surface area contributed by atoms with E-state index in [2.05, 4.69) is 15.9 Å². The van der Waals surface area contributed by atoms with Crippen molar-refractivity contribution in [3.05, 3.63) is 22.4 Å². The van der Waals surface area contributed by atoms with Gasteiger partial charge in [0.2, 0.25) is 5.91 Å². The number of hydrogen-bond acceptors (Lipinski definition) is 3. The van der Waals surface area contributed by atoms with Gasteiger partial charge in [-0.2, -0.15) is 0 Å². The van der Waals surface area contributed by atoms with E-state index >= 15 is 0 Å². The Hall–Kier alpha value is -1.14. The predicted octanol–water partition coefficient (Wildman–Crippen LogP) is 1.94. The lowest BCUT2D eigenvalue weighted by Gasteiger charge is -2.20. The first-order valence-corrected chi connectivity index (χ1v) is 6.30. The first-order chi connectivity index (χ1) is 8.56. The highest BCUT2D eigenvalue weighted by atomic mass is 79.9. The van der Waals surface area contributed by atoms with Gasteiger partial charge in [0.05, 0.1) is 17.3 Å². The van der Waals surface area contributed by atoms with Crippen LogP contribution in [0.5, 0.6) is 5.75 Å². The number of hydrogen-bond donors (Lipinski definition) is 1. The van der Waals surface area contributed by atoms with Crippen molar-refractivity contribution in [2.75, 3.05) is 25.2 Å². The van der Waals surface area contributed by atoms with Crippen LogP contribution in [0.3, 0.4) is 0 Å². The fraction of sp³-hybridized carbons (Fsp3) is 0.417. The fourth-order valence-electron chi connectivity index (χ4n) is 2.03. The Morgan fingerprint density at radius 3 is 2.89 bits per heavy atom. The van der Waals surface area contributed by atoms with Gasteiger partial charge in [0.1, 0.15) is 11.6 Å². The zero-order valence-corrected chi connectivity index (χ0v) is 11.4. The number of ether oxygens (including phenoxy) is 1. The second-order valence-corrected chi connectivity index (χ2v) is 5.05. The van der Waals surface area contributed by atoms with Crippen LogP contribution in [0.1, 0.15) is 6.42 Å². The molecule has 2 rings (SSSR count). The summed E-state index contributed by atoms with van der Waals surface area (Å²) < 4.78 is 18.8. The Morgan fingerprint density at radius 1 is 1.61 bits per heavy atom. The Kier molecular flexibility index (Phi) is 3.87. The van der Waals surface area contributed by atoms with Gasteiger partial charge >= 0.3 is 0 Å². The summed E-state index contributed by atoms with van der Waals surface area (Å²) in [5.41, 5.74) is 0.520. The molecule has 0 bridgehead atoms. The zero-order valence-electron chi connectivity index (χ0n) is 9.82. The van der Waals surface area contributed by atoms with Gasteiger partial charge in [-0.3, -0.25) is 4.79 Å². The van der Waals surface area contributed by atoms with Crippen molar-refractivity contribution in [1.29, 1.82) is 0 Å². The van der Waals surface area contributed by atoms with Gasteiger partial charge in [0.15, 0.2) is 0 Å². The predicted molar refractivity (Wildman–Crippen MR) is 68.2 cm³/mol. The standard InChI is InChI=1S/C12H13BrFNO3/c1-18-11-4-9(14)8(13)3-10(11)15-5-7(6-16)2-12(15)17/h3-4,7,16H,2,5-6H2,1H3. The van der Waals surface area contributed by atoms with Crippen LogP contribution < -0.4 is 9.64 Å². The molecule has 18 heavy (non-hydrogen) atoms. The van der Waals surface area contributed by atoms with E-state index in [0.29, 0.717) is 24.4 Å². The number of rotatable bonds is 3. The molecule has 1 N–H and O–H groups in total. The van der Waals surface area contributed by atoms with Crippen molar-refractivity contribution in [2.45, 2.75) is 6.42 Å². The number of anilines is 1. The van der Waals surface area contributed by atoms with E-state index in [4.69, 9.17) is 9.84 Å². The van der Waals surface area contributed by atoms with Crippen LogP contribution in [-0.4, -0.2) is 31.3 Å². The molecule has 1 aromatic carbocycles. The van der Waals surface area contributed by atoms with Gasteiger partial charge < -0.3 is 14.7 Å². The van der Waals surface area contributed by atoms with Crippen LogP contribution in [0.15, 0.2) is 16.6 Å². The van der Waals surface area contributed by atoms with Gasteiger partial charge in [-0.05, 0) is 22.0 Å². The van der Waals surface area contributed by atoms with E-state index in [-0.39, 0.29) is 22.9 Å². The first-order valence-electron chi connectivity index (χ1n) is 5.51. The molecule has 0 aromatic heterocycles. The van der Waals surface area contributed by atoms with Crippen molar-refractivity contribution in [3.63, 3.8) is 0 Å². The zero-order chi connectivity index (χ0) is 13.3. The van der Waals surface area contributed by atoms with Gasteiger partial charge in [-0.25, -0.2) is 4.39 Å². The smallest absolute Gasteiger partial charge is 0.227 e. The molecule has 1 aliphatic rings. The average molecular weight is 318 g/mol. The third kappa shape index (κ3) is 2.35. The second kappa shape index (κ2) is 5.24. The molecule has 1 saturated heterocycles. The molecular weight excluding hydrogens is 305 g/mol. The lowest BCUT2D eigenvalue weighted by molar-refractivity contribution is -0.117. The number of nitrogens with zero attached hydrogens (tertiary/aromatic N) is 1. The van der Waals surface area contributed by atoms with Crippen LogP contribution in [0.2, 0.25) is 0 Å². The summed E-state index contributed by atoms with van der Waals surface area (Å²) in [5.74, 6) is -0.305. The number of carbonyl (C=O) groups excluding carboxylic acids is 1. The third-order valence-electron chi connectivity index (χ3n) is 2.98. The lowest BCUT2D eigenvalue weighted by atomic mass is 10.1. The summed E-state index contributed by atoms with van der Waals surface area (Å²) in [6.45, 7) is 0.386. The molecule has 4 nitrogen and oxygen atoms in total. The monoisotopic (exact) mass is 317 g/mol. The highest BCUT2D eigenvalue weighted by Gasteiger charge is 2.32. The maximum absolute atomic E-state index is 13.4. The number of carbonyl (C=O) groups is 1. The molecule has 1 aliphatic heterocycles. The quantitative estimate of drug-likeness (QED) is 0.927. The number of aliphatic hydroxyl groups is 1. The van der Waals surface area contributed by atoms with Crippen molar-refractivity contribution in [2.24, 2.45) is 5.92 Å². The van der Waals surface area contributed by atoms with Crippen molar-refractivity contribution in [3.8, 4) is 5.75 Å². The molecule has 98 valence electrons. The minimum Gasteiger partial charge on any atom is -0.494 e. The Labute approximate surface area is 112 Å². The Bertz CT molecular complexity index is 481. The SMILES string of the molecule is COc1cc(F)c(Br)cc1N1CC(CO)CC1=O. The summed E-state index contributed by atoms with van der Waals surface area (Å²) in [5, 5.41) is 9.09. The van der Waals surface area contributed by atoms with Crippen LogP contribution in [0.25, 0.3) is 0 Å². The summed E-state index contributed by atoms with van der Waals surface area (Å²) in [6, 6.07) is 2.75. The van der Waals surface area contributed by atoms with Gasteiger partial charge in [-0.15, -0.1) is 0 Å². The van der Waals surface area contributed by atoms with Crippen LogP contribution >= 0.6 is 15.9 Å². The molecule has 0 radical (unpaired) electrons. The van der Waals surface area contributed by atoms with Crippen LogP contribution in [0, 0.1) is 11.7 Å². The number of aliphatic hydroxyl groups excluding tert-OH is 1. The molecule has 1 aromatic rings. The summed E-state index contributed by atoms with van der Waals surface area (Å²) in [7, 11) is 1.43. The van der Waals surface area contributed by atoms with Crippen molar-refractivity contribution >= 4 is 27.5 Å². The highest BCUT2D eigenvalue weighted by Crippen LogP contribution is 2.36. The molecule has 1 unspecified atom stereocenters. The highest BCUT2D eigenvalue weighted by molar-refractivity contribution is 9.10. The Morgan fingerprint density at radius 2 is 2.33 bits per heavy atom. The molecule has 0 aliphatic carbocycles. The molecule has 1 fully saturated rings. The summed E-state index contributed by atoms with van der Waals surface area (Å²) in [6.07, 6.45) is 0.300. The third-order valence-corrected chi connectivity index (χ3v) is 3.58. The van der Waals surface area contributed by atoms with E-state index < -0.39 is 5.82 Å². The number of benzene rings is 1. The Balaban J connectivity index is 2.38. The number of halogens is 2. The van der Waals surface area contributed by atoms with Crippen molar-refractivity contribution < 1.29 is 19.0 Å². The maximum Gasteiger partial charge on any atom is 0.227 e. The lowest BCUT2D eigenvalue weighted by Crippen LogP contribution is -2.25. The average Bonchev–Trinajstić information content (AvgIpc) is 2.73. The molecule has 1 amide bonds. The normalized spacial score (nSPS) is 19.4. The number of amides is 1. The van der Waals surface area contributed by atoms with E-state index in [1.54, 1.807) is 0 Å². The molecule has 6 heteroatoms. The maximum atomic E-state index is 13.4. The molecule has 1 atom stereocenters. The van der Waals surface area contributed by atoms with E-state index in [0.717, 1.165) is 0 Å². The minimum absolute atomic E-state index is 0.0348. The van der Waals surface area contributed by atoms with Gasteiger partial charge in [-0.1, -0.05) is 0 Å².